The average molecular weight is 555 g/mol. The van der Waals surface area contributed by atoms with Gasteiger partial charge in [0, 0.05) is 23.1 Å². The van der Waals surface area contributed by atoms with Crippen LogP contribution >= 0.6 is 23.2 Å². The Balaban J connectivity index is 1.60. The molecule has 0 spiro atoms. The minimum absolute atomic E-state index is 0.146. The standard InChI is InChI=1S/C26H20Cl2N4O4S/c1-37(35,36)17-10-8-16(9-11-17)32-24-19(23(31-32)25(29)33)12-6-14-5-7-15(13-20(14)24)30-26(34)18-3-2-4-21(27)22(18)28/h2-5,7-11,13H,6,12H2,1H3,(H2,29,33)(H,30,34). The third-order valence-electron chi connectivity index (χ3n) is 6.19. The lowest BCUT2D eigenvalue weighted by molar-refractivity contribution is 0.0992. The van der Waals surface area contributed by atoms with E-state index >= 15 is 0 Å². The summed E-state index contributed by atoms with van der Waals surface area (Å²) in [7, 11) is -3.38. The lowest BCUT2D eigenvalue weighted by atomic mass is 9.88. The summed E-state index contributed by atoms with van der Waals surface area (Å²) in [5.41, 5.74) is 10.2. The van der Waals surface area contributed by atoms with Crippen LogP contribution in [0.4, 0.5) is 5.69 Å². The van der Waals surface area contributed by atoms with Gasteiger partial charge in [-0.05, 0) is 66.9 Å². The molecule has 11 heteroatoms. The van der Waals surface area contributed by atoms with Crippen molar-refractivity contribution >= 4 is 50.5 Å². The minimum atomic E-state index is -3.38. The Morgan fingerprint density at radius 3 is 2.43 bits per heavy atom. The van der Waals surface area contributed by atoms with Crippen molar-refractivity contribution in [1.82, 2.24) is 9.78 Å². The molecule has 1 aliphatic rings. The third kappa shape index (κ3) is 4.61. The van der Waals surface area contributed by atoms with Crippen LogP contribution in [0.1, 0.15) is 32.0 Å². The highest BCUT2D eigenvalue weighted by Crippen LogP contribution is 2.38. The number of hydrogen-bond acceptors (Lipinski definition) is 5. The fourth-order valence-corrected chi connectivity index (χ4v) is 5.43. The number of fused-ring (bicyclic) bond motifs is 3. The number of benzene rings is 3. The molecule has 3 N–H and O–H groups in total. The molecule has 4 aromatic rings. The summed E-state index contributed by atoms with van der Waals surface area (Å²) in [5.74, 6) is -1.09. The molecule has 0 saturated carbocycles. The van der Waals surface area contributed by atoms with Crippen LogP contribution in [-0.2, 0) is 22.7 Å². The summed E-state index contributed by atoms with van der Waals surface area (Å²) < 4.78 is 25.4. The Bertz CT molecular complexity index is 1700. The summed E-state index contributed by atoms with van der Waals surface area (Å²) in [5, 5.41) is 7.76. The Morgan fingerprint density at radius 1 is 1.03 bits per heavy atom. The molecule has 0 atom stereocenters. The van der Waals surface area contributed by atoms with Crippen LogP contribution in [-0.4, -0.2) is 36.3 Å². The number of nitrogens with one attached hydrogen (secondary N) is 1. The van der Waals surface area contributed by atoms with Gasteiger partial charge in [0.15, 0.2) is 15.5 Å². The Morgan fingerprint density at radius 2 is 1.76 bits per heavy atom. The number of primary amides is 1. The van der Waals surface area contributed by atoms with Gasteiger partial charge in [0.25, 0.3) is 11.8 Å². The second-order valence-corrected chi connectivity index (χ2v) is 11.4. The molecule has 0 unspecified atom stereocenters. The predicted octanol–water partition coefficient (Wildman–Crippen LogP) is 4.70. The minimum Gasteiger partial charge on any atom is -0.364 e. The molecule has 37 heavy (non-hydrogen) atoms. The number of rotatable bonds is 5. The molecular weight excluding hydrogens is 535 g/mol. The number of sulfone groups is 1. The smallest absolute Gasteiger partial charge is 0.269 e. The molecular formula is C26H20Cl2N4O4S. The topological polar surface area (TPSA) is 124 Å². The van der Waals surface area contributed by atoms with Crippen LogP contribution in [0.5, 0.6) is 0 Å². The highest BCUT2D eigenvalue weighted by atomic mass is 35.5. The summed E-state index contributed by atoms with van der Waals surface area (Å²) in [6, 6.07) is 16.5. The maximum atomic E-state index is 12.9. The molecule has 0 bridgehead atoms. The first-order valence-electron chi connectivity index (χ1n) is 11.2. The summed E-state index contributed by atoms with van der Waals surface area (Å²) in [6.45, 7) is 0. The number of hydrogen-bond donors (Lipinski definition) is 2. The van der Waals surface area contributed by atoms with E-state index in [0.29, 0.717) is 35.5 Å². The van der Waals surface area contributed by atoms with E-state index in [2.05, 4.69) is 10.4 Å². The van der Waals surface area contributed by atoms with Gasteiger partial charge in [-0.25, -0.2) is 13.1 Å². The molecule has 0 fully saturated rings. The largest absolute Gasteiger partial charge is 0.364 e. The lowest BCUT2D eigenvalue weighted by Gasteiger charge is -2.20. The van der Waals surface area contributed by atoms with Crippen molar-refractivity contribution in [3.63, 3.8) is 0 Å². The normalized spacial score (nSPS) is 12.5. The third-order valence-corrected chi connectivity index (χ3v) is 8.14. The number of aromatic nitrogens is 2. The second-order valence-electron chi connectivity index (χ2n) is 8.65. The summed E-state index contributed by atoms with van der Waals surface area (Å²) in [4.78, 5) is 25.3. The molecule has 0 saturated heterocycles. The van der Waals surface area contributed by atoms with Crippen molar-refractivity contribution in [2.75, 3.05) is 11.6 Å². The van der Waals surface area contributed by atoms with Gasteiger partial charge in [-0.15, -0.1) is 0 Å². The van der Waals surface area contributed by atoms with E-state index in [1.165, 1.54) is 12.1 Å². The SMILES string of the molecule is CS(=O)(=O)c1ccc(-n2nc(C(N)=O)c3c2-c2cc(NC(=O)c4cccc(Cl)c4Cl)ccc2CC3)cc1. The Hall–Kier alpha value is -3.66. The van der Waals surface area contributed by atoms with Crippen molar-refractivity contribution in [3.05, 3.63) is 93.1 Å². The van der Waals surface area contributed by atoms with E-state index in [1.54, 1.807) is 47.1 Å². The average Bonchev–Trinajstić information content (AvgIpc) is 3.26. The van der Waals surface area contributed by atoms with Crippen molar-refractivity contribution in [2.45, 2.75) is 17.7 Å². The number of carbonyl (C=O) groups is 2. The molecule has 8 nitrogen and oxygen atoms in total. The van der Waals surface area contributed by atoms with Crippen LogP contribution < -0.4 is 11.1 Å². The van der Waals surface area contributed by atoms with Gasteiger partial charge in [-0.2, -0.15) is 5.10 Å². The van der Waals surface area contributed by atoms with E-state index in [-0.39, 0.29) is 26.2 Å². The molecule has 3 aromatic carbocycles. The molecule has 0 radical (unpaired) electrons. The van der Waals surface area contributed by atoms with Gasteiger partial charge < -0.3 is 11.1 Å². The molecule has 2 amide bonds. The molecule has 1 aromatic heterocycles. The Labute approximate surface area is 222 Å². The zero-order chi connectivity index (χ0) is 26.5. The van der Waals surface area contributed by atoms with Crippen molar-refractivity contribution < 1.29 is 18.0 Å². The van der Waals surface area contributed by atoms with Gasteiger partial charge in [0.2, 0.25) is 0 Å². The first-order valence-corrected chi connectivity index (χ1v) is 13.8. The number of halogens is 2. The highest BCUT2D eigenvalue weighted by molar-refractivity contribution is 7.90. The van der Waals surface area contributed by atoms with E-state index in [4.69, 9.17) is 28.9 Å². The van der Waals surface area contributed by atoms with E-state index < -0.39 is 21.7 Å². The summed E-state index contributed by atoms with van der Waals surface area (Å²) >= 11 is 12.3. The number of aryl methyl sites for hydroxylation is 1. The first-order chi connectivity index (χ1) is 17.5. The molecule has 5 rings (SSSR count). The number of anilines is 1. The maximum absolute atomic E-state index is 12.9. The van der Waals surface area contributed by atoms with Crippen LogP contribution in [0, 0.1) is 0 Å². The fourth-order valence-electron chi connectivity index (χ4n) is 4.41. The quantitative estimate of drug-likeness (QED) is 0.370. The number of amides is 2. The second kappa shape index (κ2) is 9.33. The lowest BCUT2D eigenvalue weighted by Crippen LogP contribution is -2.16. The molecule has 188 valence electrons. The molecule has 1 heterocycles. The van der Waals surface area contributed by atoms with E-state index in [1.807, 2.05) is 6.07 Å². The van der Waals surface area contributed by atoms with Gasteiger partial charge in [-0.3, -0.25) is 9.59 Å². The zero-order valence-corrected chi connectivity index (χ0v) is 21.8. The van der Waals surface area contributed by atoms with Crippen LogP contribution in [0.2, 0.25) is 10.0 Å². The predicted molar refractivity (Wildman–Crippen MR) is 142 cm³/mol. The Kier molecular flexibility index (Phi) is 6.31. The van der Waals surface area contributed by atoms with Crippen molar-refractivity contribution in [3.8, 4) is 16.9 Å². The summed E-state index contributed by atoms with van der Waals surface area (Å²) in [6.07, 6.45) is 2.33. The number of nitrogens with zero attached hydrogens (tertiary/aromatic N) is 2. The van der Waals surface area contributed by atoms with Gasteiger partial charge >= 0.3 is 0 Å². The highest BCUT2D eigenvalue weighted by Gasteiger charge is 2.28. The van der Waals surface area contributed by atoms with Crippen LogP contribution in [0.15, 0.2) is 65.6 Å². The van der Waals surface area contributed by atoms with Crippen molar-refractivity contribution in [1.29, 1.82) is 0 Å². The molecule has 0 aliphatic heterocycles. The van der Waals surface area contributed by atoms with Crippen LogP contribution in [0.25, 0.3) is 16.9 Å². The van der Waals surface area contributed by atoms with E-state index in [9.17, 15) is 18.0 Å². The fraction of sp³-hybridized carbons (Fsp3) is 0.115. The van der Waals surface area contributed by atoms with Gasteiger partial charge in [0.05, 0.1) is 31.9 Å². The van der Waals surface area contributed by atoms with E-state index in [0.717, 1.165) is 17.4 Å². The number of carbonyl (C=O) groups excluding carboxylic acids is 2. The van der Waals surface area contributed by atoms with Crippen LogP contribution in [0.3, 0.4) is 0 Å². The first kappa shape index (κ1) is 25.0. The van der Waals surface area contributed by atoms with Gasteiger partial charge in [-0.1, -0.05) is 35.3 Å². The zero-order valence-electron chi connectivity index (χ0n) is 19.5. The van der Waals surface area contributed by atoms with Crippen molar-refractivity contribution in [2.24, 2.45) is 5.73 Å². The van der Waals surface area contributed by atoms with Gasteiger partial charge in [0.1, 0.15) is 0 Å². The molecule has 1 aliphatic carbocycles. The monoisotopic (exact) mass is 554 g/mol. The number of nitrogens with two attached hydrogens (primary N) is 1. The maximum Gasteiger partial charge on any atom is 0.269 e.